The molecule has 2 atom stereocenters. The molecule has 0 aromatic heterocycles. The molecule has 0 aliphatic carbocycles. The lowest BCUT2D eigenvalue weighted by molar-refractivity contribution is -0.141. The van der Waals surface area contributed by atoms with E-state index in [4.69, 9.17) is 4.74 Å². The van der Waals surface area contributed by atoms with E-state index in [1.807, 2.05) is 84.0 Å². The number of unbranched alkanes of at least 4 members (excludes halogenated alkanes) is 1. The zero-order valence-corrected chi connectivity index (χ0v) is 25.2. The third kappa shape index (κ3) is 10.0. The van der Waals surface area contributed by atoms with Gasteiger partial charge in [-0.05, 0) is 77.5 Å². The van der Waals surface area contributed by atoms with Crippen LogP contribution < -0.4 is 10.6 Å². The molecular formula is C32H47N3O4. The third-order valence-electron chi connectivity index (χ3n) is 6.25. The van der Waals surface area contributed by atoms with Gasteiger partial charge in [0.1, 0.15) is 17.7 Å². The first-order valence-electron chi connectivity index (χ1n) is 14.0. The predicted octanol–water partition coefficient (Wildman–Crippen LogP) is 6.86. The van der Waals surface area contributed by atoms with Crippen molar-refractivity contribution in [2.24, 2.45) is 5.92 Å². The van der Waals surface area contributed by atoms with E-state index < -0.39 is 23.8 Å². The number of benzene rings is 2. The molecule has 2 aromatic carbocycles. The highest BCUT2D eigenvalue weighted by molar-refractivity contribution is 5.99. The van der Waals surface area contributed by atoms with Gasteiger partial charge in [-0.25, -0.2) is 4.79 Å². The molecule has 39 heavy (non-hydrogen) atoms. The summed E-state index contributed by atoms with van der Waals surface area (Å²) < 4.78 is 5.48. The van der Waals surface area contributed by atoms with Crippen LogP contribution in [0.5, 0.6) is 0 Å². The topological polar surface area (TPSA) is 87.7 Å². The van der Waals surface area contributed by atoms with Gasteiger partial charge in [0.25, 0.3) is 5.91 Å². The van der Waals surface area contributed by atoms with E-state index in [0.29, 0.717) is 25.1 Å². The molecule has 0 heterocycles. The molecule has 3 amide bonds. The van der Waals surface area contributed by atoms with Crippen LogP contribution in [0.2, 0.25) is 0 Å². The summed E-state index contributed by atoms with van der Waals surface area (Å²) in [5.74, 6) is -0.464. The number of carbonyl (C=O) groups is 3. The van der Waals surface area contributed by atoms with Crippen LogP contribution in [-0.2, 0) is 14.3 Å². The van der Waals surface area contributed by atoms with E-state index in [1.165, 1.54) is 0 Å². The quantitative estimate of drug-likeness (QED) is 0.328. The van der Waals surface area contributed by atoms with Crippen molar-refractivity contribution >= 4 is 23.6 Å². The Morgan fingerprint density at radius 2 is 1.59 bits per heavy atom. The van der Waals surface area contributed by atoms with Crippen LogP contribution in [0.1, 0.15) is 89.1 Å². The van der Waals surface area contributed by atoms with Gasteiger partial charge in [-0.2, -0.15) is 0 Å². The molecular weight excluding hydrogens is 490 g/mol. The van der Waals surface area contributed by atoms with E-state index >= 15 is 0 Å². The van der Waals surface area contributed by atoms with Crippen molar-refractivity contribution in [2.75, 3.05) is 11.9 Å². The van der Waals surface area contributed by atoms with Crippen molar-refractivity contribution in [3.63, 3.8) is 0 Å². The molecule has 214 valence electrons. The summed E-state index contributed by atoms with van der Waals surface area (Å²) in [4.78, 5) is 42.7. The molecule has 0 aliphatic rings. The van der Waals surface area contributed by atoms with Crippen molar-refractivity contribution < 1.29 is 19.1 Å². The summed E-state index contributed by atoms with van der Waals surface area (Å²) in [5.41, 5.74) is 3.68. The largest absolute Gasteiger partial charge is 0.444 e. The van der Waals surface area contributed by atoms with E-state index in [2.05, 4.69) is 10.6 Å². The van der Waals surface area contributed by atoms with Gasteiger partial charge in [0.2, 0.25) is 5.91 Å². The fourth-order valence-corrected chi connectivity index (χ4v) is 4.59. The molecule has 0 saturated carbocycles. The second-order valence-electron chi connectivity index (χ2n) is 11.8. The number of hydrogen-bond acceptors (Lipinski definition) is 4. The van der Waals surface area contributed by atoms with Gasteiger partial charge < -0.3 is 20.3 Å². The lowest BCUT2D eigenvalue weighted by Gasteiger charge is -2.35. The zero-order valence-electron chi connectivity index (χ0n) is 25.2. The molecule has 0 aliphatic heterocycles. The van der Waals surface area contributed by atoms with E-state index in [1.54, 1.807) is 25.7 Å². The predicted molar refractivity (Wildman–Crippen MR) is 158 cm³/mol. The Bertz CT molecular complexity index is 1120. The van der Waals surface area contributed by atoms with Crippen LogP contribution in [0, 0.1) is 26.7 Å². The summed E-state index contributed by atoms with van der Waals surface area (Å²) in [6, 6.07) is 11.8. The molecule has 7 heteroatoms. The molecule has 2 aromatic rings. The summed E-state index contributed by atoms with van der Waals surface area (Å²) in [6.07, 6.45) is 1.33. The van der Waals surface area contributed by atoms with Gasteiger partial charge in [-0.1, -0.05) is 74.7 Å². The van der Waals surface area contributed by atoms with Gasteiger partial charge in [0.15, 0.2) is 0 Å². The summed E-state index contributed by atoms with van der Waals surface area (Å²) in [6.45, 7) is 17.7. The maximum atomic E-state index is 14.3. The first kappa shape index (κ1) is 31.9. The molecule has 0 radical (unpaired) electrons. The van der Waals surface area contributed by atoms with Gasteiger partial charge in [-0.3, -0.25) is 9.59 Å². The van der Waals surface area contributed by atoms with Gasteiger partial charge in [0.05, 0.1) is 0 Å². The van der Waals surface area contributed by atoms with Crippen LogP contribution >= 0.6 is 0 Å². The van der Waals surface area contributed by atoms with Gasteiger partial charge in [0, 0.05) is 12.2 Å². The summed E-state index contributed by atoms with van der Waals surface area (Å²) >= 11 is 0. The van der Waals surface area contributed by atoms with Crippen LogP contribution in [-0.4, -0.2) is 41.0 Å². The molecule has 0 spiro atoms. The number of anilines is 1. The van der Waals surface area contributed by atoms with Crippen LogP contribution in [0.4, 0.5) is 10.5 Å². The standard InChI is InChI=1S/C32H47N3O4/c1-10-11-16-35(30(37)27(17-21(2)3)34-31(38)39-32(7,8)9)28(25-19-22(4)18-23(5)20-25)29(36)33-26-15-13-12-14-24(26)6/h12-15,18-21,27-28H,10-11,16-17H2,1-9H3,(H,33,36)(H,34,38). The summed E-state index contributed by atoms with van der Waals surface area (Å²) in [7, 11) is 0. The lowest BCUT2D eigenvalue weighted by Crippen LogP contribution is -2.53. The number of carbonyl (C=O) groups excluding carboxylic acids is 3. The summed E-state index contributed by atoms with van der Waals surface area (Å²) in [5, 5.41) is 5.87. The first-order chi connectivity index (χ1) is 18.2. The Morgan fingerprint density at radius 1 is 0.974 bits per heavy atom. The second-order valence-corrected chi connectivity index (χ2v) is 11.8. The number of nitrogens with zero attached hydrogens (tertiary/aromatic N) is 1. The Morgan fingerprint density at radius 3 is 2.13 bits per heavy atom. The molecule has 7 nitrogen and oxygen atoms in total. The average molecular weight is 538 g/mol. The van der Waals surface area contributed by atoms with Crippen molar-refractivity contribution in [1.29, 1.82) is 0 Å². The van der Waals surface area contributed by atoms with Crippen molar-refractivity contribution in [3.05, 3.63) is 64.7 Å². The maximum Gasteiger partial charge on any atom is 0.408 e. The van der Waals surface area contributed by atoms with Gasteiger partial charge >= 0.3 is 6.09 Å². The minimum atomic E-state index is -0.877. The van der Waals surface area contributed by atoms with Gasteiger partial charge in [-0.15, -0.1) is 0 Å². The number of hydrogen-bond donors (Lipinski definition) is 2. The van der Waals surface area contributed by atoms with E-state index in [0.717, 1.165) is 28.7 Å². The number of alkyl carbamates (subject to hydrolysis) is 1. The highest BCUT2D eigenvalue weighted by Crippen LogP contribution is 2.28. The normalized spacial score (nSPS) is 13.0. The minimum Gasteiger partial charge on any atom is -0.444 e. The molecule has 2 N–H and O–H groups in total. The highest BCUT2D eigenvalue weighted by atomic mass is 16.6. The average Bonchev–Trinajstić information content (AvgIpc) is 2.80. The van der Waals surface area contributed by atoms with E-state index in [9.17, 15) is 14.4 Å². The van der Waals surface area contributed by atoms with Crippen molar-refractivity contribution in [1.82, 2.24) is 10.2 Å². The Balaban J connectivity index is 2.58. The molecule has 2 rings (SSSR count). The smallest absolute Gasteiger partial charge is 0.408 e. The second kappa shape index (κ2) is 14.2. The number of nitrogens with one attached hydrogen (secondary N) is 2. The first-order valence-corrected chi connectivity index (χ1v) is 14.0. The fraction of sp³-hybridized carbons (Fsp3) is 0.531. The lowest BCUT2D eigenvalue weighted by atomic mass is 9.96. The Labute approximate surface area is 234 Å². The number of para-hydroxylation sites is 1. The Hall–Kier alpha value is -3.35. The molecule has 0 saturated heterocycles. The minimum absolute atomic E-state index is 0.127. The van der Waals surface area contributed by atoms with Crippen LogP contribution in [0.15, 0.2) is 42.5 Å². The number of amides is 3. The highest BCUT2D eigenvalue weighted by Gasteiger charge is 2.36. The number of aryl methyl sites for hydroxylation is 3. The monoisotopic (exact) mass is 537 g/mol. The van der Waals surface area contributed by atoms with Crippen molar-refractivity contribution in [2.45, 2.75) is 99.3 Å². The van der Waals surface area contributed by atoms with Crippen molar-refractivity contribution in [3.8, 4) is 0 Å². The third-order valence-corrected chi connectivity index (χ3v) is 6.25. The zero-order chi connectivity index (χ0) is 29.3. The van der Waals surface area contributed by atoms with E-state index in [-0.39, 0.29) is 17.7 Å². The molecule has 2 unspecified atom stereocenters. The SMILES string of the molecule is CCCCN(C(=O)C(CC(C)C)NC(=O)OC(C)(C)C)C(C(=O)Nc1ccccc1C)c1cc(C)cc(C)c1. The Kier molecular flexibility index (Phi) is 11.6. The molecule has 0 fully saturated rings. The number of ether oxygens (including phenoxy) is 1. The fourth-order valence-electron chi connectivity index (χ4n) is 4.59. The van der Waals surface area contributed by atoms with Crippen LogP contribution in [0.3, 0.4) is 0 Å². The van der Waals surface area contributed by atoms with Crippen LogP contribution in [0.25, 0.3) is 0 Å². The number of rotatable bonds is 11. The maximum absolute atomic E-state index is 14.3. The molecule has 0 bridgehead atoms.